The van der Waals surface area contributed by atoms with E-state index in [9.17, 15) is 9.59 Å². The van der Waals surface area contributed by atoms with Crippen molar-refractivity contribution < 1.29 is 4.79 Å². The first-order chi connectivity index (χ1) is 13.5. The van der Waals surface area contributed by atoms with E-state index >= 15 is 0 Å². The summed E-state index contributed by atoms with van der Waals surface area (Å²) >= 11 is 1.71. The molecule has 1 aliphatic heterocycles. The molecule has 6 nitrogen and oxygen atoms in total. The van der Waals surface area contributed by atoms with Gasteiger partial charge < -0.3 is 9.88 Å². The molecule has 2 atom stereocenters. The lowest BCUT2D eigenvalue weighted by atomic mass is 9.89. The normalized spacial score (nSPS) is 24.4. The van der Waals surface area contributed by atoms with Gasteiger partial charge in [-0.25, -0.2) is 4.98 Å². The van der Waals surface area contributed by atoms with E-state index < -0.39 is 0 Å². The monoisotopic (exact) mass is 400 g/mol. The zero-order chi connectivity index (χ0) is 19.4. The molecule has 5 rings (SSSR count). The number of carbonyl (C=O) groups excluding carboxylic acids is 1. The fraction of sp³-hybridized carbons (Fsp3) is 0.667. The molecule has 7 heteroatoms. The summed E-state index contributed by atoms with van der Waals surface area (Å²) in [4.78, 5) is 39.7. The van der Waals surface area contributed by atoms with Crippen LogP contribution in [0.3, 0.4) is 0 Å². The van der Waals surface area contributed by atoms with Crippen LogP contribution in [0, 0.1) is 11.8 Å². The fourth-order valence-corrected chi connectivity index (χ4v) is 6.04. The van der Waals surface area contributed by atoms with Crippen molar-refractivity contribution in [1.82, 2.24) is 19.8 Å². The first-order valence-electron chi connectivity index (χ1n) is 10.6. The minimum atomic E-state index is 0.0152. The molecule has 2 aromatic rings. The Labute approximate surface area is 168 Å². The standard InChI is InChI=1S/C21H28N4O2S/c1-12-3-6-15-16(11-12)28-20-17(15)19(26)22-18(23-20)13(2)24-7-9-25(10-8-24)21(27)14-4-5-14/h12-14H,3-11H2,1-2H3,(H,22,23,26). The van der Waals surface area contributed by atoms with E-state index in [1.54, 1.807) is 11.3 Å². The molecule has 2 unspecified atom stereocenters. The van der Waals surface area contributed by atoms with E-state index in [1.807, 2.05) is 4.90 Å². The average molecular weight is 401 g/mol. The van der Waals surface area contributed by atoms with Crippen molar-refractivity contribution in [2.24, 2.45) is 11.8 Å². The van der Waals surface area contributed by atoms with Crippen molar-refractivity contribution in [3.05, 3.63) is 26.6 Å². The Morgan fingerprint density at radius 3 is 2.68 bits per heavy atom. The van der Waals surface area contributed by atoms with Crippen molar-refractivity contribution in [2.75, 3.05) is 26.2 Å². The van der Waals surface area contributed by atoms with E-state index in [4.69, 9.17) is 4.98 Å². The van der Waals surface area contributed by atoms with Crippen LogP contribution in [0.5, 0.6) is 0 Å². The number of aromatic nitrogens is 2. The zero-order valence-corrected chi connectivity index (χ0v) is 17.5. The molecule has 1 saturated heterocycles. The molecule has 3 aliphatic rings. The van der Waals surface area contributed by atoms with Crippen molar-refractivity contribution in [1.29, 1.82) is 0 Å². The largest absolute Gasteiger partial charge is 0.340 e. The van der Waals surface area contributed by atoms with Crippen LogP contribution in [-0.2, 0) is 17.6 Å². The minimum Gasteiger partial charge on any atom is -0.340 e. The Bertz CT molecular complexity index is 969. The molecule has 2 aliphatic carbocycles. The van der Waals surface area contributed by atoms with Crippen LogP contribution in [0.15, 0.2) is 4.79 Å². The van der Waals surface area contributed by atoms with Crippen molar-refractivity contribution in [3.63, 3.8) is 0 Å². The number of amides is 1. The molecule has 2 fully saturated rings. The van der Waals surface area contributed by atoms with Crippen LogP contribution in [0.4, 0.5) is 0 Å². The van der Waals surface area contributed by atoms with Gasteiger partial charge in [0.1, 0.15) is 10.7 Å². The third-order valence-corrected chi connectivity index (χ3v) is 7.83. The molecular formula is C21H28N4O2S. The number of carbonyl (C=O) groups is 1. The maximum atomic E-state index is 12.9. The van der Waals surface area contributed by atoms with Gasteiger partial charge in [0, 0.05) is 37.0 Å². The second-order valence-electron chi connectivity index (χ2n) is 8.79. The van der Waals surface area contributed by atoms with Crippen molar-refractivity contribution in [3.8, 4) is 0 Å². The predicted molar refractivity (Wildman–Crippen MR) is 111 cm³/mol. The molecule has 0 radical (unpaired) electrons. The molecule has 3 heterocycles. The molecule has 1 amide bonds. The molecule has 0 aromatic carbocycles. The third-order valence-electron chi connectivity index (χ3n) is 6.68. The first-order valence-corrected chi connectivity index (χ1v) is 11.4. The number of hydrogen-bond acceptors (Lipinski definition) is 5. The number of fused-ring (bicyclic) bond motifs is 3. The summed E-state index contributed by atoms with van der Waals surface area (Å²) in [6.45, 7) is 7.61. The SMILES string of the molecule is CC1CCc2c(sc3nc(C(C)N4CCN(C(=O)C5CC5)CC4)[nH]c(=O)c23)C1. The summed E-state index contributed by atoms with van der Waals surface area (Å²) in [5.74, 6) is 2.06. The number of nitrogens with one attached hydrogen (secondary N) is 1. The Morgan fingerprint density at radius 1 is 1.21 bits per heavy atom. The number of aryl methyl sites for hydroxylation is 1. The summed E-state index contributed by atoms with van der Waals surface area (Å²) in [5.41, 5.74) is 1.25. The minimum absolute atomic E-state index is 0.0152. The van der Waals surface area contributed by atoms with Crippen LogP contribution in [0.1, 0.15) is 55.4 Å². The van der Waals surface area contributed by atoms with E-state index in [1.165, 1.54) is 10.4 Å². The maximum Gasteiger partial charge on any atom is 0.259 e. The molecule has 0 bridgehead atoms. The lowest BCUT2D eigenvalue weighted by Gasteiger charge is -2.37. The van der Waals surface area contributed by atoms with Gasteiger partial charge in [-0.3, -0.25) is 14.5 Å². The van der Waals surface area contributed by atoms with Crippen LogP contribution >= 0.6 is 11.3 Å². The molecule has 1 N–H and O–H groups in total. The van der Waals surface area contributed by atoms with Gasteiger partial charge in [-0.05, 0) is 50.5 Å². The highest BCUT2D eigenvalue weighted by molar-refractivity contribution is 7.18. The van der Waals surface area contributed by atoms with E-state index in [-0.39, 0.29) is 17.5 Å². The maximum absolute atomic E-state index is 12.9. The smallest absolute Gasteiger partial charge is 0.259 e. The zero-order valence-electron chi connectivity index (χ0n) is 16.7. The molecule has 28 heavy (non-hydrogen) atoms. The molecule has 1 saturated carbocycles. The van der Waals surface area contributed by atoms with Crippen LogP contribution < -0.4 is 5.56 Å². The second-order valence-corrected chi connectivity index (χ2v) is 9.88. The van der Waals surface area contributed by atoms with Gasteiger partial charge >= 0.3 is 0 Å². The highest BCUT2D eigenvalue weighted by Crippen LogP contribution is 2.36. The first kappa shape index (κ1) is 18.3. The van der Waals surface area contributed by atoms with E-state index in [0.717, 1.165) is 74.3 Å². The highest BCUT2D eigenvalue weighted by Gasteiger charge is 2.35. The Hall–Kier alpha value is -1.73. The average Bonchev–Trinajstić information content (AvgIpc) is 3.47. The highest BCUT2D eigenvalue weighted by atomic mass is 32.1. The van der Waals surface area contributed by atoms with Crippen molar-refractivity contribution in [2.45, 2.75) is 52.0 Å². The number of H-pyrrole nitrogens is 1. The fourth-order valence-electron chi connectivity index (χ4n) is 4.65. The van der Waals surface area contributed by atoms with Gasteiger partial charge in [0.25, 0.3) is 5.56 Å². The summed E-state index contributed by atoms with van der Waals surface area (Å²) in [6.07, 6.45) is 5.33. The number of piperazine rings is 1. The number of aromatic amines is 1. The number of rotatable bonds is 3. The third kappa shape index (κ3) is 3.18. The van der Waals surface area contributed by atoms with Gasteiger partial charge in [0.05, 0.1) is 11.4 Å². The lowest BCUT2D eigenvalue weighted by Crippen LogP contribution is -2.50. The van der Waals surface area contributed by atoms with Crippen LogP contribution in [0.25, 0.3) is 10.2 Å². The molecule has 2 aromatic heterocycles. The summed E-state index contributed by atoms with van der Waals surface area (Å²) in [6, 6.07) is 0.0494. The lowest BCUT2D eigenvalue weighted by molar-refractivity contribution is -0.134. The molecule has 150 valence electrons. The number of hydrogen-bond donors (Lipinski definition) is 1. The van der Waals surface area contributed by atoms with Gasteiger partial charge in [0.15, 0.2) is 0 Å². The summed E-state index contributed by atoms with van der Waals surface area (Å²) in [5, 5.41) is 0.822. The topological polar surface area (TPSA) is 69.3 Å². The van der Waals surface area contributed by atoms with Crippen LogP contribution in [0.2, 0.25) is 0 Å². The summed E-state index contributed by atoms with van der Waals surface area (Å²) in [7, 11) is 0. The van der Waals surface area contributed by atoms with E-state index in [2.05, 4.69) is 23.7 Å². The second kappa shape index (κ2) is 6.95. The van der Waals surface area contributed by atoms with Crippen LogP contribution in [-0.4, -0.2) is 51.9 Å². The Kier molecular flexibility index (Phi) is 4.55. The van der Waals surface area contributed by atoms with Gasteiger partial charge in [-0.2, -0.15) is 0 Å². The Morgan fingerprint density at radius 2 is 1.96 bits per heavy atom. The van der Waals surface area contributed by atoms with Crippen molar-refractivity contribution >= 4 is 27.5 Å². The van der Waals surface area contributed by atoms with E-state index in [0.29, 0.717) is 11.8 Å². The summed E-state index contributed by atoms with van der Waals surface area (Å²) < 4.78 is 0. The molecular weight excluding hydrogens is 372 g/mol. The van der Waals surface area contributed by atoms with Gasteiger partial charge in [-0.1, -0.05) is 6.92 Å². The number of nitrogens with zero attached hydrogens (tertiary/aromatic N) is 3. The predicted octanol–water partition coefficient (Wildman–Crippen LogP) is 2.72. The van der Waals surface area contributed by atoms with Gasteiger partial charge in [0.2, 0.25) is 5.91 Å². The molecule has 0 spiro atoms. The van der Waals surface area contributed by atoms with Gasteiger partial charge in [-0.15, -0.1) is 11.3 Å². The Balaban J connectivity index is 1.36. The quantitative estimate of drug-likeness (QED) is 0.860. The number of thiophene rings is 1.